The summed E-state index contributed by atoms with van der Waals surface area (Å²) in [7, 11) is -3.02. The summed E-state index contributed by atoms with van der Waals surface area (Å²) < 4.78 is 36.4. The zero-order valence-corrected chi connectivity index (χ0v) is 21.8. The maximum absolute atomic E-state index is 11.3. The molecule has 0 spiro atoms. The summed E-state index contributed by atoms with van der Waals surface area (Å²) in [6.45, 7) is 8.07. The Morgan fingerprint density at radius 2 is 1.95 bits per heavy atom. The molecule has 0 saturated heterocycles. The maximum atomic E-state index is 11.3. The zero-order chi connectivity index (χ0) is 26.4. The lowest BCUT2D eigenvalue weighted by Crippen LogP contribution is -2.08. The zero-order valence-electron chi connectivity index (χ0n) is 21.0. The predicted molar refractivity (Wildman–Crippen MR) is 145 cm³/mol. The van der Waals surface area contributed by atoms with Crippen LogP contribution >= 0.6 is 0 Å². The van der Waals surface area contributed by atoms with E-state index in [0.717, 1.165) is 33.6 Å². The third-order valence-corrected chi connectivity index (χ3v) is 6.62. The molecule has 4 aromatic rings. The molecule has 0 fully saturated rings. The van der Waals surface area contributed by atoms with Gasteiger partial charge in [-0.15, -0.1) is 0 Å². The molecule has 9 nitrogen and oxygen atoms in total. The minimum Gasteiger partial charge on any atom is -0.494 e. The third-order valence-electron chi connectivity index (χ3n) is 5.59. The van der Waals surface area contributed by atoms with Gasteiger partial charge in [-0.1, -0.05) is 6.58 Å². The van der Waals surface area contributed by atoms with Gasteiger partial charge in [-0.05, 0) is 62.3 Å². The van der Waals surface area contributed by atoms with Gasteiger partial charge in [-0.3, -0.25) is 0 Å². The van der Waals surface area contributed by atoms with E-state index >= 15 is 0 Å². The lowest BCUT2D eigenvalue weighted by atomic mass is 10.2. The van der Waals surface area contributed by atoms with E-state index in [9.17, 15) is 8.42 Å². The van der Waals surface area contributed by atoms with Gasteiger partial charge >= 0.3 is 0 Å². The molecular weight excluding hydrogens is 490 g/mol. The average molecular weight is 520 g/mol. The van der Waals surface area contributed by atoms with Gasteiger partial charge in [0.25, 0.3) is 0 Å². The van der Waals surface area contributed by atoms with Gasteiger partial charge < -0.3 is 19.2 Å². The van der Waals surface area contributed by atoms with Crippen molar-refractivity contribution < 1.29 is 17.9 Å². The second-order valence-electron chi connectivity index (χ2n) is 8.56. The number of fused-ring (bicyclic) bond motifs is 2. The molecule has 0 amide bonds. The van der Waals surface area contributed by atoms with Crippen molar-refractivity contribution in [1.82, 2.24) is 19.4 Å². The van der Waals surface area contributed by atoms with Crippen molar-refractivity contribution in [2.24, 2.45) is 0 Å². The van der Waals surface area contributed by atoms with E-state index in [1.54, 1.807) is 18.3 Å². The van der Waals surface area contributed by atoms with Gasteiger partial charge in [0.2, 0.25) is 0 Å². The van der Waals surface area contributed by atoms with Crippen LogP contribution in [0.25, 0.3) is 16.6 Å². The number of aromatic nitrogens is 4. The summed E-state index contributed by atoms with van der Waals surface area (Å²) in [5.74, 6) is 2.71. The Morgan fingerprint density at radius 1 is 1.11 bits per heavy atom. The highest BCUT2D eigenvalue weighted by molar-refractivity contribution is 7.90. The largest absolute Gasteiger partial charge is 0.494 e. The number of rotatable bonds is 11. The minimum atomic E-state index is -3.02. The number of ether oxygens (including phenoxy) is 2. The van der Waals surface area contributed by atoms with Gasteiger partial charge in [0.1, 0.15) is 44.9 Å². The first-order chi connectivity index (χ1) is 17.7. The highest BCUT2D eigenvalue weighted by Crippen LogP contribution is 2.26. The number of anilines is 1. The summed E-state index contributed by atoms with van der Waals surface area (Å²) in [5.41, 5.74) is 3.18. The third kappa shape index (κ3) is 6.95. The van der Waals surface area contributed by atoms with Crippen molar-refractivity contribution in [3.8, 4) is 11.5 Å². The van der Waals surface area contributed by atoms with Crippen molar-refractivity contribution in [2.75, 3.05) is 23.9 Å². The lowest BCUT2D eigenvalue weighted by molar-refractivity contribution is 0.318. The molecular formula is C27H29N5O4S. The molecule has 3 aromatic heterocycles. The Morgan fingerprint density at radius 3 is 2.73 bits per heavy atom. The molecule has 3 heterocycles. The second-order valence-corrected chi connectivity index (χ2v) is 10.8. The first kappa shape index (κ1) is 25.9. The Balaban J connectivity index is 1.51. The van der Waals surface area contributed by atoms with Crippen LogP contribution in [0.15, 0.2) is 91.0 Å². The molecule has 0 saturated carbocycles. The molecule has 0 radical (unpaired) electrons. The monoisotopic (exact) mass is 519 g/mol. The Bertz CT molecular complexity index is 1610. The Kier molecular flexibility index (Phi) is 7.88. The average Bonchev–Trinajstić information content (AvgIpc) is 3.33. The highest BCUT2D eigenvalue weighted by atomic mass is 32.2. The molecule has 0 aliphatic rings. The first-order valence-electron chi connectivity index (χ1n) is 11.7. The van der Waals surface area contributed by atoms with Crippen LogP contribution in [0.1, 0.15) is 20.3 Å². The van der Waals surface area contributed by atoms with E-state index in [4.69, 9.17) is 9.47 Å². The minimum absolute atomic E-state index is 0.0813. The molecule has 0 unspecified atom stereocenters. The van der Waals surface area contributed by atoms with Crippen molar-refractivity contribution in [1.29, 1.82) is 0 Å². The fourth-order valence-corrected chi connectivity index (χ4v) is 4.21. The van der Waals surface area contributed by atoms with E-state index in [-0.39, 0.29) is 5.75 Å². The number of benzene rings is 1. The van der Waals surface area contributed by atoms with Crippen LogP contribution in [-0.4, -0.2) is 46.4 Å². The summed E-state index contributed by atoms with van der Waals surface area (Å²) in [4.78, 5) is 13.0. The fraction of sp³-hybridized carbons (Fsp3) is 0.222. The maximum Gasteiger partial charge on any atom is 0.147 e. The highest BCUT2D eigenvalue weighted by Gasteiger charge is 2.09. The van der Waals surface area contributed by atoms with Gasteiger partial charge in [-0.25, -0.2) is 23.4 Å². The van der Waals surface area contributed by atoms with Gasteiger partial charge in [0.05, 0.1) is 17.9 Å². The van der Waals surface area contributed by atoms with E-state index in [0.29, 0.717) is 30.3 Å². The second kappa shape index (κ2) is 11.3. The molecule has 1 aromatic carbocycles. The van der Waals surface area contributed by atoms with Crippen LogP contribution in [-0.2, 0) is 9.84 Å². The van der Waals surface area contributed by atoms with Crippen LogP contribution < -0.4 is 14.8 Å². The van der Waals surface area contributed by atoms with Crippen LogP contribution in [0, 0.1) is 0 Å². The Hall–Kier alpha value is -4.18. The van der Waals surface area contributed by atoms with Crippen molar-refractivity contribution in [3.05, 3.63) is 91.0 Å². The molecule has 0 atom stereocenters. The number of nitrogens with zero attached hydrogens (tertiary/aromatic N) is 4. The number of sulfone groups is 1. The molecule has 0 aliphatic heterocycles. The quantitative estimate of drug-likeness (QED) is 0.169. The van der Waals surface area contributed by atoms with E-state index in [1.807, 2.05) is 61.0 Å². The standard InChI is InChI=1S/C27H29N5O4S/c1-5-21(15-19(2)20(3)36-23-9-11-32-12-10-28-26(32)17-23)31-27-24-16-22(7-8-25(24)29-18-30-27)35-13-6-14-37(4,33)34/h5,7-12,15-18H,1,6,13-14H2,2-4H3,(H,29,30,31)/b20-19+,21-15+. The van der Waals surface area contributed by atoms with Crippen molar-refractivity contribution in [3.63, 3.8) is 0 Å². The topological polar surface area (TPSA) is 108 Å². The number of allylic oxidation sites excluding steroid dienone is 4. The molecule has 0 bridgehead atoms. The smallest absolute Gasteiger partial charge is 0.147 e. The van der Waals surface area contributed by atoms with Crippen molar-refractivity contribution in [2.45, 2.75) is 20.3 Å². The molecule has 192 valence electrons. The summed E-state index contributed by atoms with van der Waals surface area (Å²) >= 11 is 0. The van der Waals surface area contributed by atoms with Gasteiger partial charge in [0, 0.05) is 42.0 Å². The fourth-order valence-electron chi connectivity index (χ4n) is 3.57. The SMILES string of the molecule is C=C/C(=C\C(C)=C(/C)Oc1ccn2ccnc2c1)Nc1ncnc2ccc(OCCCS(C)(=O)=O)cc12. The number of hydrogen-bond donors (Lipinski definition) is 1. The number of nitrogens with one attached hydrogen (secondary N) is 1. The number of imidazole rings is 1. The normalized spacial score (nSPS) is 12.9. The van der Waals surface area contributed by atoms with Crippen LogP contribution in [0.3, 0.4) is 0 Å². The van der Waals surface area contributed by atoms with Gasteiger partial charge in [-0.2, -0.15) is 0 Å². The van der Waals surface area contributed by atoms with Crippen LogP contribution in [0.5, 0.6) is 11.5 Å². The van der Waals surface area contributed by atoms with E-state index < -0.39 is 9.84 Å². The van der Waals surface area contributed by atoms with Crippen molar-refractivity contribution >= 4 is 32.2 Å². The first-order valence-corrected chi connectivity index (χ1v) is 13.7. The summed E-state index contributed by atoms with van der Waals surface area (Å²) in [5, 5.41) is 4.07. The molecule has 10 heteroatoms. The van der Waals surface area contributed by atoms with Crippen LogP contribution in [0.2, 0.25) is 0 Å². The molecule has 1 N–H and O–H groups in total. The van der Waals surface area contributed by atoms with Gasteiger partial charge in [0.15, 0.2) is 0 Å². The Labute approximate surface area is 216 Å². The van der Waals surface area contributed by atoms with E-state index in [2.05, 4.69) is 26.8 Å². The van der Waals surface area contributed by atoms with E-state index in [1.165, 1.54) is 12.6 Å². The number of hydrogen-bond acceptors (Lipinski definition) is 8. The lowest BCUT2D eigenvalue weighted by Gasteiger charge is -2.12. The number of pyridine rings is 1. The predicted octanol–water partition coefficient (Wildman–Crippen LogP) is 4.95. The summed E-state index contributed by atoms with van der Waals surface area (Å²) in [6.07, 6.45) is 12.3. The van der Waals surface area contributed by atoms with Crippen LogP contribution in [0.4, 0.5) is 5.82 Å². The summed E-state index contributed by atoms with van der Waals surface area (Å²) in [6, 6.07) is 9.24. The molecule has 4 rings (SSSR count). The molecule has 0 aliphatic carbocycles. The molecule has 37 heavy (non-hydrogen) atoms.